The van der Waals surface area contributed by atoms with Gasteiger partial charge in [-0.05, 0) is 41.9 Å². The van der Waals surface area contributed by atoms with Crippen LogP contribution >= 0.6 is 0 Å². The first kappa shape index (κ1) is 18.4. The van der Waals surface area contributed by atoms with Crippen LogP contribution in [0.5, 0.6) is 0 Å². The summed E-state index contributed by atoms with van der Waals surface area (Å²) >= 11 is 0. The minimum absolute atomic E-state index is 0.0778. The molecule has 0 spiro atoms. The maximum atomic E-state index is 10.5. The van der Waals surface area contributed by atoms with Crippen molar-refractivity contribution in [2.45, 2.75) is 19.7 Å². The molecule has 0 saturated heterocycles. The molecule has 1 heterocycles. The van der Waals surface area contributed by atoms with Gasteiger partial charge in [0.2, 0.25) is 0 Å². The summed E-state index contributed by atoms with van der Waals surface area (Å²) in [5.74, 6) is -0.253. The Morgan fingerprint density at radius 3 is 1.88 bits per heavy atom. The van der Waals surface area contributed by atoms with E-state index in [-0.39, 0.29) is 11.5 Å². The molecular formula is C20H19BN2O2. The maximum Gasteiger partial charge on any atom is 0.269 e. The molecule has 124 valence electrons. The van der Waals surface area contributed by atoms with Gasteiger partial charge in [-0.2, -0.15) is 0 Å². The normalized spacial score (nSPS) is 11.1. The first-order valence-electron chi connectivity index (χ1n) is 7.90. The Hall–Kier alpha value is -2.95. The molecule has 0 fully saturated rings. The lowest BCUT2D eigenvalue weighted by Gasteiger charge is -2.12. The molecule has 0 saturated carbocycles. The fraction of sp³-hybridized carbons (Fsp3) is 0.150. The average molecular weight is 330 g/mol. The number of pyridine rings is 1. The zero-order valence-corrected chi connectivity index (χ0v) is 14.3. The van der Waals surface area contributed by atoms with Crippen LogP contribution in [-0.4, -0.2) is 17.8 Å². The number of benzene rings is 2. The van der Waals surface area contributed by atoms with Gasteiger partial charge in [0.25, 0.3) is 5.69 Å². The van der Waals surface area contributed by atoms with E-state index in [0.29, 0.717) is 0 Å². The van der Waals surface area contributed by atoms with Crippen molar-refractivity contribution in [1.29, 1.82) is 0 Å². The topological polar surface area (TPSA) is 56.0 Å². The largest absolute Gasteiger partial charge is 0.269 e. The van der Waals surface area contributed by atoms with E-state index >= 15 is 0 Å². The highest BCUT2D eigenvalue weighted by atomic mass is 16.6. The van der Waals surface area contributed by atoms with Gasteiger partial charge in [-0.3, -0.25) is 15.1 Å². The lowest BCUT2D eigenvalue weighted by Crippen LogP contribution is -2.00. The molecule has 1 atom stereocenters. The number of rotatable bonds is 3. The summed E-state index contributed by atoms with van der Waals surface area (Å²) in [6, 6.07) is 18.1. The van der Waals surface area contributed by atoms with E-state index in [2.05, 4.69) is 11.1 Å². The number of nitro groups is 1. The summed E-state index contributed by atoms with van der Waals surface area (Å²) in [4.78, 5) is 14.1. The van der Waals surface area contributed by atoms with Crippen molar-refractivity contribution in [1.82, 2.24) is 4.98 Å². The minimum atomic E-state index is -0.419. The molecule has 4 nitrogen and oxygen atoms in total. The Bertz CT molecular complexity index is 803. The molecule has 0 aliphatic heterocycles. The Morgan fingerprint density at radius 2 is 1.44 bits per heavy atom. The van der Waals surface area contributed by atoms with Crippen molar-refractivity contribution in [3.8, 4) is 0 Å². The summed E-state index contributed by atoms with van der Waals surface area (Å²) in [5.41, 5.74) is 4.38. The van der Waals surface area contributed by atoms with Crippen LogP contribution in [-0.2, 0) is 0 Å². The number of non-ortho nitro benzene ring substituents is 1. The molecule has 1 aromatic heterocycles. The van der Waals surface area contributed by atoms with Gasteiger partial charge in [0, 0.05) is 24.5 Å². The fourth-order valence-electron chi connectivity index (χ4n) is 2.36. The lowest BCUT2D eigenvalue weighted by molar-refractivity contribution is -0.384. The van der Waals surface area contributed by atoms with Gasteiger partial charge in [0.15, 0.2) is 0 Å². The SMILES string of the molecule is Cc1cncc(C)c1.[B]C(c1ccccc1)c1ccc([N+](=O)[O-])cc1. The zero-order chi connectivity index (χ0) is 18.2. The third-order valence-electron chi connectivity index (χ3n) is 3.63. The molecule has 0 aliphatic carbocycles. The highest BCUT2D eigenvalue weighted by Crippen LogP contribution is 2.23. The predicted molar refractivity (Wildman–Crippen MR) is 101 cm³/mol. The molecule has 5 heteroatoms. The molecule has 0 amide bonds. The third kappa shape index (κ3) is 5.57. The smallest absolute Gasteiger partial charge is 0.264 e. The quantitative estimate of drug-likeness (QED) is 0.402. The van der Waals surface area contributed by atoms with E-state index in [4.69, 9.17) is 7.85 Å². The summed E-state index contributed by atoms with van der Waals surface area (Å²) in [6.45, 7) is 4.08. The highest BCUT2D eigenvalue weighted by Gasteiger charge is 2.09. The predicted octanol–water partition coefficient (Wildman–Crippen LogP) is 4.55. The van der Waals surface area contributed by atoms with Gasteiger partial charge in [0.1, 0.15) is 0 Å². The molecule has 0 bridgehead atoms. The van der Waals surface area contributed by atoms with Crippen molar-refractivity contribution in [2.24, 2.45) is 0 Å². The molecule has 3 rings (SSSR count). The van der Waals surface area contributed by atoms with Crippen LogP contribution < -0.4 is 0 Å². The van der Waals surface area contributed by atoms with Gasteiger partial charge in [-0.15, -0.1) is 0 Å². The molecule has 1 unspecified atom stereocenters. The number of aryl methyl sites for hydroxylation is 2. The van der Waals surface area contributed by atoms with Crippen LogP contribution in [0.25, 0.3) is 0 Å². The van der Waals surface area contributed by atoms with Gasteiger partial charge in [-0.25, -0.2) is 0 Å². The fourth-order valence-corrected chi connectivity index (χ4v) is 2.36. The van der Waals surface area contributed by atoms with Crippen LogP contribution in [0, 0.1) is 24.0 Å². The standard InChI is InChI=1S/C13H10BNO2.C7H9N/c14-13(10-4-2-1-3-5-10)11-6-8-12(9-7-11)15(16)17;1-6-3-7(2)5-8-4-6/h1-9,13H;3-5H,1-2H3. The summed E-state index contributed by atoms with van der Waals surface area (Å²) in [7, 11) is 6.07. The monoisotopic (exact) mass is 330 g/mol. The van der Waals surface area contributed by atoms with Crippen molar-refractivity contribution >= 4 is 13.5 Å². The van der Waals surface area contributed by atoms with E-state index < -0.39 is 4.92 Å². The first-order valence-corrected chi connectivity index (χ1v) is 7.90. The van der Waals surface area contributed by atoms with Gasteiger partial charge in [0.05, 0.1) is 12.8 Å². The second-order valence-corrected chi connectivity index (χ2v) is 5.78. The first-order chi connectivity index (χ1) is 12.0. The zero-order valence-electron chi connectivity index (χ0n) is 14.3. The van der Waals surface area contributed by atoms with E-state index in [1.54, 1.807) is 12.1 Å². The Kier molecular flexibility index (Phi) is 6.46. The molecular weight excluding hydrogens is 311 g/mol. The van der Waals surface area contributed by atoms with Crippen molar-refractivity contribution < 1.29 is 4.92 Å². The van der Waals surface area contributed by atoms with Crippen LogP contribution in [0.3, 0.4) is 0 Å². The summed E-state index contributed by atoms with van der Waals surface area (Å²) in [6.07, 6.45) is 3.71. The van der Waals surface area contributed by atoms with Crippen LogP contribution in [0.4, 0.5) is 5.69 Å². The lowest BCUT2D eigenvalue weighted by atomic mass is 9.76. The second kappa shape index (κ2) is 8.78. The molecule has 3 aromatic rings. The van der Waals surface area contributed by atoms with Gasteiger partial charge in [-0.1, -0.05) is 48.5 Å². The summed E-state index contributed by atoms with van der Waals surface area (Å²) in [5, 5.41) is 10.5. The van der Waals surface area contributed by atoms with Crippen LogP contribution in [0.15, 0.2) is 73.1 Å². The number of hydrogen-bond acceptors (Lipinski definition) is 3. The number of nitro benzene ring substituents is 1. The van der Waals surface area contributed by atoms with Gasteiger partial charge >= 0.3 is 0 Å². The maximum absolute atomic E-state index is 10.5. The number of nitrogens with zero attached hydrogens (tertiary/aromatic N) is 2. The van der Waals surface area contributed by atoms with Crippen molar-refractivity contribution in [3.63, 3.8) is 0 Å². The Morgan fingerprint density at radius 1 is 0.920 bits per heavy atom. The van der Waals surface area contributed by atoms with E-state index in [1.807, 2.05) is 56.6 Å². The van der Waals surface area contributed by atoms with E-state index in [9.17, 15) is 10.1 Å². The number of aromatic nitrogens is 1. The molecule has 2 aromatic carbocycles. The Balaban J connectivity index is 0.000000236. The van der Waals surface area contributed by atoms with Gasteiger partial charge < -0.3 is 0 Å². The average Bonchev–Trinajstić information content (AvgIpc) is 2.62. The van der Waals surface area contributed by atoms with Crippen LogP contribution in [0.2, 0.25) is 0 Å². The molecule has 0 N–H and O–H groups in total. The Labute approximate surface area is 149 Å². The minimum Gasteiger partial charge on any atom is -0.264 e. The summed E-state index contributed by atoms with van der Waals surface area (Å²) < 4.78 is 0. The number of hydrogen-bond donors (Lipinski definition) is 0. The van der Waals surface area contributed by atoms with Crippen molar-refractivity contribution in [2.75, 3.05) is 0 Å². The molecule has 2 radical (unpaired) electrons. The van der Waals surface area contributed by atoms with Crippen molar-refractivity contribution in [3.05, 3.63) is 105 Å². The highest BCUT2D eigenvalue weighted by molar-refractivity contribution is 6.14. The van der Waals surface area contributed by atoms with Crippen LogP contribution in [0.1, 0.15) is 28.1 Å². The third-order valence-corrected chi connectivity index (χ3v) is 3.63. The second-order valence-electron chi connectivity index (χ2n) is 5.78. The van der Waals surface area contributed by atoms with E-state index in [1.165, 1.54) is 23.3 Å². The molecule has 25 heavy (non-hydrogen) atoms. The van der Waals surface area contributed by atoms with E-state index in [0.717, 1.165) is 11.1 Å². The molecule has 0 aliphatic rings.